The third kappa shape index (κ3) is 9.15. The highest BCUT2D eigenvalue weighted by Crippen LogP contribution is 2.37. The van der Waals surface area contributed by atoms with Crippen molar-refractivity contribution in [3.05, 3.63) is 131 Å². The number of H-pyrrole nitrogens is 1. The highest BCUT2D eigenvalue weighted by molar-refractivity contribution is 6.31. The first-order valence-electron chi connectivity index (χ1n) is 18.2. The van der Waals surface area contributed by atoms with Crippen LogP contribution >= 0.6 is 11.6 Å². The molecule has 4 aromatic carbocycles. The Labute approximate surface area is 315 Å². The fourth-order valence-corrected chi connectivity index (χ4v) is 7.64. The van der Waals surface area contributed by atoms with Gasteiger partial charge in [0.1, 0.15) is 0 Å². The number of hydrogen-bond donors (Lipinski definition) is 3. The summed E-state index contributed by atoms with van der Waals surface area (Å²) >= 11 is 6.13. The number of fused-ring (bicyclic) bond motifs is 2. The number of benzene rings is 4. The molecule has 2 saturated heterocycles. The van der Waals surface area contributed by atoms with Gasteiger partial charge in [-0.2, -0.15) is 0 Å². The lowest BCUT2D eigenvalue weighted by atomic mass is 9.79. The van der Waals surface area contributed by atoms with Gasteiger partial charge in [0.05, 0.1) is 18.9 Å². The average molecular weight is 732 g/mol. The summed E-state index contributed by atoms with van der Waals surface area (Å²) < 4.78 is 0. The standard InChI is InChI=1S/C34H34ClN5O4.C9H12/c1-36-31(41)16-38-33(43)29-20-39(32(42)13-24-15-37-30-14-26(35)10-11-27(24)30)17-25-18-40(19-28(25)29)34(44)23-9-5-8-22(12-23)21-6-3-2-4-7-21;1-2-6-9-7-4-3-5-8-9/h2-12,14-15,25,28-29,37H,13,16-20H2,1H3,(H,36,41)(H,38,43);3-5,7-8H,2,6H2,1H3. The maximum atomic E-state index is 13.8. The quantitative estimate of drug-likeness (QED) is 0.163. The number of aromatic amines is 1. The van der Waals surface area contributed by atoms with E-state index in [1.807, 2.05) is 72.9 Å². The van der Waals surface area contributed by atoms with Crippen molar-refractivity contribution in [3.63, 3.8) is 0 Å². The summed E-state index contributed by atoms with van der Waals surface area (Å²) in [7, 11) is 1.51. The molecule has 3 heterocycles. The van der Waals surface area contributed by atoms with Crippen molar-refractivity contribution in [3.8, 4) is 11.1 Å². The largest absolute Gasteiger partial charge is 0.361 e. The summed E-state index contributed by atoms with van der Waals surface area (Å²) in [6.45, 7) is 3.57. The van der Waals surface area contributed by atoms with Crippen molar-refractivity contribution < 1.29 is 19.2 Å². The molecular weight excluding hydrogens is 686 g/mol. The molecule has 2 fully saturated rings. The molecule has 2 aliphatic heterocycles. The number of aryl methyl sites for hydroxylation is 1. The molecule has 274 valence electrons. The first-order valence-corrected chi connectivity index (χ1v) is 18.6. The molecule has 5 aromatic rings. The molecule has 4 amide bonds. The molecule has 10 heteroatoms. The number of carbonyl (C=O) groups excluding carboxylic acids is 4. The summed E-state index contributed by atoms with van der Waals surface area (Å²) in [6.07, 6.45) is 4.43. The van der Waals surface area contributed by atoms with Crippen LogP contribution in [0, 0.1) is 17.8 Å². The summed E-state index contributed by atoms with van der Waals surface area (Å²) in [5.74, 6) is -1.56. The van der Waals surface area contributed by atoms with E-state index in [0.717, 1.165) is 27.6 Å². The van der Waals surface area contributed by atoms with E-state index in [9.17, 15) is 19.2 Å². The molecule has 3 unspecified atom stereocenters. The lowest BCUT2D eigenvalue weighted by molar-refractivity contribution is -0.139. The van der Waals surface area contributed by atoms with Gasteiger partial charge < -0.3 is 25.4 Å². The van der Waals surface area contributed by atoms with Crippen molar-refractivity contribution in [1.82, 2.24) is 25.4 Å². The minimum absolute atomic E-state index is 0.0773. The number of piperidine rings is 1. The molecule has 9 nitrogen and oxygen atoms in total. The predicted octanol–water partition coefficient (Wildman–Crippen LogP) is 6.38. The van der Waals surface area contributed by atoms with Crippen molar-refractivity contribution in [2.45, 2.75) is 26.2 Å². The number of nitrogens with zero attached hydrogens (tertiary/aromatic N) is 2. The van der Waals surface area contributed by atoms with Gasteiger partial charge in [-0.05, 0) is 64.8 Å². The van der Waals surface area contributed by atoms with E-state index in [1.165, 1.54) is 25.5 Å². The summed E-state index contributed by atoms with van der Waals surface area (Å²) in [4.78, 5) is 59.5. The fraction of sp³-hybridized carbons (Fsp3) is 0.302. The lowest BCUT2D eigenvalue weighted by Crippen LogP contribution is -2.54. The minimum Gasteiger partial charge on any atom is -0.361 e. The molecule has 3 N–H and O–H groups in total. The maximum Gasteiger partial charge on any atom is 0.253 e. The van der Waals surface area contributed by atoms with Crippen LogP contribution in [-0.4, -0.2) is 78.2 Å². The molecule has 0 saturated carbocycles. The van der Waals surface area contributed by atoms with Crippen molar-refractivity contribution in [1.29, 1.82) is 0 Å². The Bertz CT molecular complexity index is 2050. The number of carbonyl (C=O) groups is 4. The van der Waals surface area contributed by atoms with Gasteiger partial charge in [0.2, 0.25) is 17.7 Å². The lowest BCUT2D eigenvalue weighted by Gasteiger charge is -2.39. The zero-order valence-electron chi connectivity index (χ0n) is 30.2. The van der Waals surface area contributed by atoms with Crippen LogP contribution in [0.5, 0.6) is 0 Å². The summed E-state index contributed by atoms with van der Waals surface area (Å²) in [5.41, 5.74) is 5.71. The number of hydrogen-bond acceptors (Lipinski definition) is 4. The molecule has 0 aliphatic carbocycles. The number of aromatic nitrogens is 1. The molecule has 2 aliphatic rings. The predicted molar refractivity (Wildman–Crippen MR) is 209 cm³/mol. The van der Waals surface area contributed by atoms with E-state index in [4.69, 9.17) is 11.6 Å². The molecule has 0 radical (unpaired) electrons. The Morgan fingerprint density at radius 2 is 1.53 bits per heavy atom. The Balaban J connectivity index is 0.000000468. The smallest absolute Gasteiger partial charge is 0.253 e. The van der Waals surface area contributed by atoms with Crippen molar-refractivity contribution in [2.75, 3.05) is 39.8 Å². The van der Waals surface area contributed by atoms with Gasteiger partial charge in [0.25, 0.3) is 5.91 Å². The summed E-state index contributed by atoms with van der Waals surface area (Å²) in [6, 6.07) is 33.6. The second kappa shape index (κ2) is 17.4. The van der Waals surface area contributed by atoms with E-state index in [-0.39, 0.29) is 55.0 Å². The average Bonchev–Trinajstić information content (AvgIpc) is 3.81. The zero-order chi connectivity index (χ0) is 37.3. The Morgan fingerprint density at radius 3 is 2.26 bits per heavy atom. The molecule has 0 spiro atoms. The van der Waals surface area contributed by atoms with E-state index in [2.05, 4.69) is 52.9 Å². The fourth-order valence-electron chi connectivity index (χ4n) is 7.47. The Kier molecular flexibility index (Phi) is 12.3. The van der Waals surface area contributed by atoms with Crippen LogP contribution < -0.4 is 10.6 Å². The topological polar surface area (TPSA) is 115 Å². The van der Waals surface area contributed by atoms with Crippen LogP contribution in [0.15, 0.2) is 109 Å². The second-order valence-electron chi connectivity index (χ2n) is 13.8. The van der Waals surface area contributed by atoms with Gasteiger partial charge in [-0.25, -0.2) is 0 Å². The van der Waals surface area contributed by atoms with E-state index < -0.39 is 5.92 Å². The third-order valence-electron chi connectivity index (χ3n) is 10.2. The van der Waals surface area contributed by atoms with Gasteiger partial charge >= 0.3 is 0 Å². The van der Waals surface area contributed by atoms with Crippen LogP contribution in [0.3, 0.4) is 0 Å². The zero-order valence-corrected chi connectivity index (χ0v) is 30.9. The van der Waals surface area contributed by atoms with Crippen LogP contribution in [-0.2, 0) is 27.2 Å². The Morgan fingerprint density at radius 1 is 0.811 bits per heavy atom. The number of amides is 4. The number of nitrogens with one attached hydrogen (secondary N) is 3. The van der Waals surface area contributed by atoms with Gasteiger partial charge in [-0.15, -0.1) is 0 Å². The number of rotatable bonds is 9. The normalized spacial score (nSPS) is 17.8. The van der Waals surface area contributed by atoms with Gasteiger partial charge in [-0.3, -0.25) is 19.2 Å². The molecule has 1 aromatic heterocycles. The van der Waals surface area contributed by atoms with Crippen LogP contribution in [0.1, 0.15) is 34.8 Å². The number of likely N-dealkylation sites (N-methyl/N-ethyl adjacent to an activating group) is 1. The first-order chi connectivity index (χ1) is 25.7. The SMILES string of the molecule is CCCc1ccccc1.CNC(=O)CNC(=O)C1CN(C(=O)Cc2c[nH]c3cc(Cl)ccc23)CC2CN(C(=O)c3cccc(-c4ccccc4)c3)CC21. The van der Waals surface area contributed by atoms with Crippen LogP contribution in [0.25, 0.3) is 22.0 Å². The van der Waals surface area contributed by atoms with Crippen LogP contribution in [0.4, 0.5) is 0 Å². The van der Waals surface area contributed by atoms with E-state index in [0.29, 0.717) is 30.2 Å². The van der Waals surface area contributed by atoms with Crippen molar-refractivity contribution in [2.24, 2.45) is 17.8 Å². The Hall–Kier alpha value is -5.41. The summed E-state index contributed by atoms with van der Waals surface area (Å²) in [5, 5.41) is 6.79. The van der Waals surface area contributed by atoms with Gasteiger partial charge in [-0.1, -0.05) is 104 Å². The van der Waals surface area contributed by atoms with E-state index in [1.54, 1.807) is 15.9 Å². The van der Waals surface area contributed by atoms with Crippen LogP contribution in [0.2, 0.25) is 5.02 Å². The highest BCUT2D eigenvalue weighted by atomic mass is 35.5. The van der Waals surface area contributed by atoms with Gasteiger partial charge in [0.15, 0.2) is 0 Å². The second-order valence-corrected chi connectivity index (χ2v) is 14.2. The maximum absolute atomic E-state index is 13.8. The number of halogens is 1. The first kappa shape index (κ1) is 37.4. The third-order valence-corrected chi connectivity index (χ3v) is 10.5. The minimum atomic E-state index is -0.558. The molecule has 0 bridgehead atoms. The molecule has 3 atom stereocenters. The molecule has 7 rings (SSSR count). The van der Waals surface area contributed by atoms with Crippen molar-refractivity contribution >= 4 is 46.1 Å². The molecular formula is C43H46ClN5O4. The number of likely N-dealkylation sites (tertiary alicyclic amines) is 2. The van der Waals surface area contributed by atoms with E-state index >= 15 is 0 Å². The molecule has 53 heavy (non-hydrogen) atoms. The highest BCUT2D eigenvalue weighted by Gasteiger charge is 2.47. The van der Waals surface area contributed by atoms with Gasteiger partial charge in [0, 0.05) is 60.9 Å². The monoisotopic (exact) mass is 731 g/mol.